The van der Waals surface area contributed by atoms with Gasteiger partial charge in [0.05, 0.1) is 5.60 Å². The standard InChI is InChI=1S/C19H30O3/c1-5-16(20)22-15-8-6-13(7-9-15)19(21)12-14-10-11-18(19,4)17(14,2)3/h5,13-15,21H,1,6-12H2,2-4H3/t13?,14-,15?,18-,19-/m1/s1. The molecule has 0 unspecified atom stereocenters. The zero-order valence-corrected chi connectivity index (χ0v) is 14.2. The number of carbonyl (C=O) groups excluding carboxylic acids is 1. The van der Waals surface area contributed by atoms with E-state index < -0.39 is 5.60 Å². The largest absolute Gasteiger partial charge is 0.459 e. The molecule has 3 rings (SSSR count). The summed E-state index contributed by atoms with van der Waals surface area (Å²) in [4.78, 5) is 11.3. The maximum absolute atomic E-state index is 11.6. The Balaban J connectivity index is 1.69. The molecule has 0 aromatic carbocycles. The van der Waals surface area contributed by atoms with Crippen LogP contribution in [0.25, 0.3) is 0 Å². The van der Waals surface area contributed by atoms with Gasteiger partial charge in [-0.25, -0.2) is 4.79 Å². The lowest BCUT2D eigenvalue weighted by Gasteiger charge is -2.51. The number of rotatable bonds is 3. The molecule has 0 amide bonds. The minimum atomic E-state index is -0.535. The van der Waals surface area contributed by atoms with E-state index in [0.29, 0.717) is 11.8 Å². The van der Waals surface area contributed by atoms with E-state index in [4.69, 9.17) is 4.74 Å². The van der Waals surface area contributed by atoms with Gasteiger partial charge in [0.25, 0.3) is 0 Å². The lowest BCUT2D eigenvalue weighted by molar-refractivity contribution is -0.155. The second kappa shape index (κ2) is 5.09. The highest BCUT2D eigenvalue weighted by Gasteiger charge is 2.70. The van der Waals surface area contributed by atoms with E-state index in [-0.39, 0.29) is 22.9 Å². The van der Waals surface area contributed by atoms with Crippen LogP contribution in [0.5, 0.6) is 0 Å². The Morgan fingerprint density at radius 1 is 1.14 bits per heavy atom. The SMILES string of the molecule is C=CC(=O)OC1CCC([C@]2(O)C[C@H]3CC[C@]2(C)C3(C)C)CC1. The van der Waals surface area contributed by atoms with Crippen molar-refractivity contribution in [3.05, 3.63) is 12.7 Å². The zero-order chi connectivity index (χ0) is 16.2. The van der Waals surface area contributed by atoms with E-state index in [0.717, 1.165) is 38.5 Å². The summed E-state index contributed by atoms with van der Waals surface area (Å²) in [6.45, 7) is 10.5. The number of aliphatic hydroxyl groups is 1. The highest BCUT2D eigenvalue weighted by molar-refractivity contribution is 5.81. The van der Waals surface area contributed by atoms with Crippen molar-refractivity contribution in [2.75, 3.05) is 0 Å². The van der Waals surface area contributed by atoms with Crippen LogP contribution in [0, 0.1) is 22.7 Å². The van der Waals surface area contributed by atoms with E-state index in [1.807, 2.05) is 0 Å². The van der Waals surface area contributed by atoms with Crippen molar-refractivity contribution in [1.29, 1.82) is 0 Å². The van der Waals surface area contributed by atoms with Crippen LogP contribution in [0.4, 0.5) is 0 Å². The molecule has 3 aliphatic carbocycles. The molecular formula is C19H30O3. The van der Waals surface area contributed by atoms with Gasteiger partial charge in [-0.15, -0.1) is 0 Å². The molecule has 2 bridgehead atoms. The molecular weight excluding hydrogens is 276 g/mol. The number of esters is 1. The second-order valence-corrected chi connectivity index (χ2v) is 8.53. The average molecular weight is 306 g/mol. The van der Waals surface area contributed by atoms with Gasteiger partial charge in [-0.05, 0) is 62.2 Å². The summed E-state index contributed by atoms with van der Waals surface area (Å²) in [7, 11) is 0. The summed E-state index contributed by atoms with van der Waals surface area (Å²) in [5.74, 6) is 0.676. The van der Waals surface area contributed by atoms with Gasteiger partial charge in [0.1, 0.15) is 6.10 Å². The van der Waals surface area contributed by atoms with E-state index in [9.17, 15) is 9.90 Å². The molecule has 0 radical (unpaired) electrons. The van der Waals surface area contributed by atoms with Crippen LogP contribution in [0.15, 0.2) is 12.7 Å². The van der Waals surface area contributed by atoms with Crippen molar-refractivity contribution in [3.63, 3.8) is 0 Å². The molecule has 3 heteroatoms. The van der Waals surface area contributed by atoms with Crippen molar-refractivity contribution < 1.29 is 14.6 Å². The molecule has 0 aliphatic heterocycles. The third-order valence-corrected chi connectivity index (χ3v) is 7.75. The van der Waals surface area contributed by atoms with Gasteiger partial charge < -0.3 is 9.84 Å². The first-order valence-corrected chi connectivity index (χ1v) is 8.80. The Hall–Kier alpha value is -0.830. The molecule has 22 heavy (non-hydrogen) atoms. The van der Waals surface area contributed by atoms with Crippen molar-refractivity contribution in [2.45, 2.75) is 77.4 Å². The average Bonchev–Trinajstić information content (AvgIpc) is 2.80. The number of fused-ring (bicyclic) bond motifs is 2. The van der Waals surface area contributed by atoms with Gasteiger partial charge in [0, 0.05) is 11.5 Å². The van der Waals surface area contributed by atoms with Crippen LogP contribution >= 0.6 is 0 Å². The van der Waals surface area contributed by atoms with E-state index >= 15 is 0 Å². The van der Waals surface area contributed by atoms with E-state index in [1.165, 1.54) is 12.5 Å². The van der Waals surface area contributed by atoms with Crippen molar-refractivity contribution >= 4 is 5.97 Å². The summed E-state index contributed by atoms with van der Waals surface area (Å²) in [6.07, 6.45) is 8.27. The van der Waals surface area contributed by atoms with Gasteiger partial charge in [0.2, 0.25) is 0 Å². The molecule has 3 saturated carbocycles. The van der Waals surface area contributed by atoms with Crippen molar-refractivity contribution in [3.8, 4) is 0 Å². The predicted octanol–water partition coefficient (Wildman–Crippen LogP) is 3.85. The van der Waals surface area contributed by atoms with Gasteiger partial charge in [-0.3, -0.25) is 0 Å². The Morgan fingerprint density at radius 3 is 2.23 bits per heavy atom. The minimum absolute atomic E-state index is 0.00440. The third-order valence-electron chi connectivity index (χ3n) is 7.75. The highest BCUT2D eigenvalue weighted by atomic mass is 16.5. The number of ether oxygens (including phenoxy) is 1. The van der Waals surface area contributed by atoms with Crippen molar-refractivity contribution in [2.24, 2.45) is 22.7 Å². The highest BCUT2D eigenvalue weighted by Crippen LogP contribution is 2.72. The fourth-order valence-corrected chi connectivity index (χ4v) is 5.82. The smallest absolute Gasteiger partial charge is 0.330 e. The third kappa shape index (κ3) is 2.01. The Kier molecular flexibility index (Phi) is 3.71. The molecule has 3 nitrogen and oxygen atoms in total. The lowest BCUT2D eigenvalue weighted by atomic mass is 9.58. The molecule has 3 fully saturated rings. The van der Waals surface area contributed by atoms with Crippen LogP contribution in [0.2, 0.25) is 0 Å². The molecule has 0 aromatic rings. The van der Waals surface area contributed by atoms with Crippen molar-refractivity contribution in [1.82, 2.24) is 0 Å². The fraction of sp³-hybridized carbons (Fsp3) is 0.842. The molecule has 3 aliphatic rings. The molecule has 1 N–H and O–H groups in total. The molecule has 3 atom stereocenters. The van der Waals surface area contributed by atoms with Crippen LogP contribution in [-0.4, -0.2) is 22.8 Å². The second-order valence-electron chi connectivity index (χ2n) is 8.53. The lowest BCUT2D eigenvalue weighted by Crippen LogP contribution is -2.53. The zero-order valence-electron chi connectivity index (χ0n) is 14.2. The van der Waals surface area contributed by atoms with E-state index in [2.05, 4.69) is 27.4 Å². The first kappa shape index (κ1) is 16.0. The molecule has 124 valence electrons. The summed E-state index contributed by atoms with van der Waals surface area (Å²) < 4.78 is 5.37. The predicted molar refractivity (Wildman–Crippen MR) is 86.2 cm³/mol. The fourth-order valence-electron chi connectivity index (χ4n) is 5.82. The monoisotopic (exact) mass is 306 g/mol. The first-order chi connectivity index (χ1) is 10.2. The topological polar surface area (TPSA) is 46.5 Å². The van der Waals surface area contributed by atoms with Crippen LogP contribution in [0.1, 0.15) is 65.7 Å². The van der Waals surface area contributed by atoms with Gasteiger partial charge in [0.15, 0.2) is 0 Å². The Bertz CT molecular complexity index is 475. The number of hydrogen-bond donors (Lipinski definition) is 1. The van der Waals surface area contributed by atoms with Gasteiger partial charge in [-0.2, -0.15) is 0 Å². The molecule has 0 heterocycles. The van der Waals surface area contributed by atoms with Gasteiger partial charge in [-0.1, -0.05) is 27.4 Å². The number of hydrogen-bond acceptors (Lipinski definition) is 3. The van der Waals surface area contributed by atoms with Crippen LogP contribution in [0.3, 0.4) is 0 Å². The minimum Gasteiger partial charge on any atom is -0.459 e. The summed E-state index contributed by atoms with van der Waals surface area (Å²) in [5.41, 5.74) is -0.277. The maximum atomic E-state index is 11.6. The Labute approximate surface area is 134 Å². The molecule has 0 saturated heterocycles. The molecule has 0 aromatic heterocycles. The van der Waals surface area contributed by atoms with Crippen LogP contribution in [-0.2, 0) is 9.53 Å². The summed E-state index contributed by atoms with van der Waals surface area (Å²) >= 11 is 0. The Morgan fingerprint density at radius 2 is 1.77 bits per heavy atom. The van der Waals surface area contributed by atoms with Crippen LogP contribution < -0.4 is 0 Å². The normalized spacial score (nSPS) is 46.5. The first-order valence-electron chi connectivity index (χ1n) is 8.80. The quantitative estimate of drug-likeness (QED) is 0.636. The summed E-state index contributed by atoms with van der Waals surface area (Å²) in [6, 6.07) is 0. The number of carbonyl (C=O) groups is 1. The maximum Gasteiger partial charge on any atom is 0.330 e. The van der Waals surface area contributed by atoms with E-state index in [1.54, 1.807) is 0 Å². The van der Waals surface area contributed by atoms with Gasteiger partial charge >= 0.3 is 5.97 Å². The summed E-state index contributed by atoms with van der Waals surface area (Å²) in [5, 5.41) is 11.6. The molecule has 0 spiro atoms.